The molecule has 2 N–H and O–H groups in total. The molecule has 0 heterocycles. The van der Waals surface area contributed by atoms with E-state index < -0.39 is 39.6 Å². The van der Waals surface area contributed by atoms with Crippen LogP contribution in [0.15, 0.2) is 23.1 Å². The summed E-state index contributed by atoms with van der Waals surface area (Å²) < 4.78 is 32.0. The third-order valence-corrected chi connectivity index (χ3v) is 6.32. The Morgan fingerprint density at radius 1 is 1.13 bits per heavy atom. The van der Waals surface area contributed by atoms with Crippen LogP contribution in [0.4, 0.5) is 4.79 Å². The number of nitrogens with zero attached hydrogens (tertiary/aromatic N) is 1. The molecule has 1 aromatic carbocycles. The molecule has 0 bridgehead atoms. The monoisotopic (exact) mass is 441 g/mol. The van der Waals surface area contributed by atoms with Gasteiger partial charge in [0.25, 0.3) is 5.91 Å². The molecule has 0 aliphatic carbocycles. The van der Waals surface area contributed by atoms with Gasteiger partial charge in [-0.05, 0) is 52.3 Å². The summed E-state index contributed by atoms with van der Waals surface area (Å²) in [6.45, 7) is 12.2. The summed E-state index contributed by atoms with van der Waals surface area (Å²) in [4.78, 5) is 36.4. The summed E-state index contributed by atoms with van der Waals surface area (Å²) in [6, 6.07) is 3.46. The Labute approximate surface area is 178 Å². The molecule has 0 saturated heterocycles. The number of sulfonamides is 1. The highest BCUT2D eigenvalue weighted by Gasteiger charge is 2.27. The SMILES string of the molecule is CCN(CC)S(=O)(=O)c1cc(C(=O)OC(C)C(=O)NC(=O)NC(C)(C)C)ccc1C. The fourth-order valence-electron chi connectivity index (χ4n) is 2.58. The van der Waals surface area contributed by atoms with Crippen molar-refractivity contribution in [1.29, 1.82) is 0 Å². The number of imide groups is 1. The molecule has 0 aliphatic rings. The van der Waals surface area contributed by atoms with Crippen LogP contribution in [0.3, 0.4) is 0 Å². The van der Waals surface area contributed by atoms with E-state index in [1.54, 1.807) is 41.5 Å². The minimum Gasteiger partial charge on any atom is -0.449 e. The van der Waals surface area contributed by atoms with Crippen molar-refractivity contribution in [3.8, 4) is 0 Å². The molecule has 9 nitrogen and oxygen atoms in total. The first-order valence-electron chi connectivity index (χ1n) is 9.67. The van der Waals surface area contributed by atoms with Crippen LogP contribution in [0, 0.1) is 6.92 Å². The average Bonchev–Trinajstić information content (AvgIpc) is 2.60. The summed E-state index contributed by atoms with van der Waals surface area (Å²) in [7, 11) is -3.77. The molecular formula is C20H31N3O6S. The van der Waals surface area contributed by atoms with E-state index in [0.717, 1.165) is 0 Å². The van der Waals surface area contributed by atoms with Crippen LogP contribution in [-0.2, 0) is 19.6 Å². The molecule has 1 rings (SSSR count). The zero-order valence-electron chi connectivity index (χ0n) is 18.5. The van der Waals surface area contributed by atoms with Gasteiger partial charge in [-0.25, -0.2) is 18.0 Å². The van der Waals surface area contributed by atoms with Gasteiger partial charge in [-0.3, -0.25) is 10.1 Å². The number of carbonyl (C=O) groups is 3. The fraction of sp³-hybridized carbons (Fsp3) is 0.550. The lowest BCUT2D eigenvalue weighted by Crippen LogP contribution is -2.50. The Kier molecular flexibility index (Phi) is 8.55. The van der Waals surface area contributed by atoms with Crippen LogP contribution >= 0.6 is 0 Å². The lowest BCUT2D eigenvalue weighted by molar-refractivity contribution is -0.127. The van der Waals surface area contributed by atoms with Gasteiger partial charge in [0.1, 0.15) is 0 Å². The molecule has 10 heteroatoms. The summed E-state index contributed by atoms with van der Waals surface area (Å²) in [5.41, 5.74) is -0.0629. The van der Waals surface area contributed by atoms with Gasteiger partial charge in [0.15, 0.2) is 6.10 Å². The molecule has 30 heavy (non-hydrogen) atoms. The van der Waals surface area contributed by atoms with E-state index in [4.69, 9.17) is 4.74 Å². The lowest BCUT2D eigenvalue weighted by Gasteiger charge is -2.21. The maximum atomic E-state index is 12.8. The number of esters is 1. The van der Waals surface area contributed by atoms with Crippen molar-refractivity contribution >= 4 is 27.9 Å². The van der Waals surface area contributed by atoms with Crippen LogP contribution in [0.1, 0.15) is 57.5 Å². The van der Waals surface area contributed by atoms with Gasteiger partial charge in [-0.1, -0.05) is 19.9 Å². The van der Waals surface area contributed by atoms with Crippen molar-refractivity contribution in [3.63, 3.8) is 0 Å². The molecular weight excluding hydrogens is 410 g/mol. The van der Waals surface area contributed by atoms with Crippen molar-refractivity contribution < 1.29 is 27.5 Å². The second kappa shape index (κ2) is 10.0. The summed E-state index contributed by atoms with van der Waals surface area (Å²) in [6.07, 6.45) is -1.26. The maximum absolute atomic E-state index is 12.8. The maximum Gasteiger partial charge on any atom is 0.338 e. The molecule has 1 atom stereocenters. The molecule has 1 unspecified atom stereocenters. The Hall–Kier alpha value is -2.46. The molecule has 0 aliphatic heterocycles. The Balaban J connectivity index is 2.97. The number of carbonyl (C=O) groups excluding carboxylic acids is 3. The molecule has 0 radical (unpaired) electrons. The number of amides is 3. The molecule has 1 aromatic rings. The molecule has 0 fully saturated rings. The summed E-state index contributed by atoms with van der Waals surface area (Å²) in [5.74, 6) is -1.67. The molecule has 0 aromatic heterocycles. The Morgan fingerprint density at radius 3 is 2.20 bits per heavy atom. The molecule has 0 saturated carbocycles. The van der Waals surface area contributed by atoms with E-state index in [-0.39, 0.29) is 10.5 Å². The predicted molar refractivity (Wildman–Crippen MR) is 113 cm³/mol. The summed E-state index contributed by atoms with van der Waals surface area (Å²) in [5, 5.41) is 4.66. The minimum absolute atomic E-state index is 0.00214. The van der Waals surface area contributed by atoms with Crippen LogP contribution in [0.5, 0.6) is 0 Å². The average molecular weight is 442 g/mol. The van der Waals surface area contributed by atoms with Crippen molar-refractivity contribution in [2.45, 2.75) is 65.0 Å². The number of rotatable bonds is 7. The molecule has 168 valence electrons. The van der Waals surface area contributed by atoms with Gasteiger partial charge in [-0.15, -0.1) is 0 Å². The molecule has 0 spiro atoms. The van der Waals surface area contributed by atoms with Gasteiger partial charge < -0.3 is 10.1 Å². The van der Waals surface area contributed by atoms with Crippen LogP contribution < -0.4 is 10.6 Å². The third-order valence-electron chi connectivity index (χ3n) is 4.13. The van der Waals surface area contributed by atoms with Gasteiger partial charge in [-0.2, -0.15) is 4.31 Å². The molecule has 3 amide bonds. The fourth-order valence-corrected chi connectivity index (χ4v) is 4.28. The minimum atomic E-state index is -3.77. The van der Waals surface area contributed by atoms with E-state index >= 15 is 0 Å². The third kappa shape index (κ3) is 6.81. The highest BCUT2D eigenvalue weighted by molar-refractivity contribution is 7.89. The van der Waals surface area contributed by atoms with Gasteiger partial charge in [0.05, 0.1) is 10.5 Å². The highest BCUT2D eigenvalue weighted by Crippen LogP contribution is 2.22. The number of hydrogen-bond acceptors (Lipinski definition) is 6. The quantitative estimate of drug-likeness (QED) is 0.626. The number of nitrogens with one attached hydrogen (secondary N) is 2. The van der Waals surface area contributed by atoms with Gasteiger partial charge in [0, 0.05) is 18.6 Å². The smallest absolute Gasteiger partial charge is 0.338 e. The van der Waals surface area contributed by atoms with Crippen LogP contribution in [-0.4, -0.2) is 55.4 Å². The number of hydrogen-bond donors (Lipinski definition) is 2. The first-order valence-corrected chi connectivity index (χ1v) is 11.1. The first-order chi connectivity index (χ1) is 13.7. The Morgan fingerprint density at radius 2 is 1.70 bits per heavy atom. The number of urea groups is 1. The number of ether oxygens (including phenoxy) is 1. The van der Waals surface area contributed by atoms with Gasteiger partial charge in [0.2, 0.25) is 10.0 Å². The second-order valence-corrected chi connectivity index (χ2v) is 9.72. The van der Waals surface area contributed by atoms with Crippen LogP contribution in [0.25, 0.3) is 0 Å². The summed E-state index contributed by atoms with van der Waals surface area (Å²) >= 11 is 0. The van der Waals surface area contributed by atoms with Crippen LogP contribution in [0.2, 0.25) is 0 Å². The van der Waals surface area contributed by atoms with Crippen molar-refractivity contribution in [3.05, 3.63) is 29.3 Å². The zero-order valence-corrected chi connectivity index (χ0v) is 19.3. The van der Waals surface area contributed by atoms with Gasteiger partial charge >= 0.3 is 12.0 Å². The van der Waals surface area contributed by atoms with E-state index in [1.807, 2.05) is 0 Å². The first kappa shape index (κ1) is 25.6. The number of aryl methyl sites for hydroxylation is 1. The Bertz CT molecular complexity index is 902. The highest BCUT2D eigenvalue weighted by atomic mass is 32.2. The van der Waals surface area contributed by atoms with Crippen molar-refractivity contribution in [2.75, 3.05) is 13.1 Å². The zero-order chi connectivity index (χ0) is 23.3. The standard InChI is InChI=1S/C20H31N3O6S/c1-8-23(9-2)30(27,28)16-12-15(11-10-13(16)3)18(25)29-14(4)17(24)21-19(26)22-20(5,6)7/h10-12,14H,8-9H2,1-7H3,(H2,21,22,24,26). The van der Waals surface area contributed by atoms with Crippen molar-refractivity contribution in [2.24, 2.45) is 0 Å². The van der Waals surface area contributed by atoms with E-state index in [1.165, 1.54) is 29.4 Å². The van der Waals surface area contributed by atoms with E-state index in [2.05, 4.69) is 10.6 Å². The lowest BCUT2D eigenvalue weighted by atomic mass is 10.1. The normalized spacial score (nSPS) is 12.9. The van der Waals surface area contributed by atoms with E-state index in [0.29, 0.717) is 18.7 Å². The van der Waals surface area contributed by atoms with E-state index in [9.17, 15) is 22.8 Å². The second-order valence-electron chi connectivity index (χ2n) is 7.81. The largest absolute Gasteiger partial charge is 0.449 e. The topological polar surface area (TPSA) is 122 Å². The predicted octanol–water partition coefficient (Wildman–Crippen LogP) is 2.20. The number of benzene rings is 1. The van der Waals surface area contributed by atoms with Crippen molar-refractivity contribution in [1.82, 2.24) is 14.9 Å².